The predicted molar refractivity (Wildman–Crippen MR) is 91.9 cm³/mol. The van der Waals surface area contributed by atoms with Gasteiger partial charge in [0.1, 0.15) is 15.5 Å². The van der Waals surface area contributed by atoms with Crippen LogP contribution in [0.5, 0.6) is 0 Å². The minimum atomic E-state index is -0.991. The number of hydrogen-bond acceptors (Lipinski definition) is 5. The molecule has 8 heteroatoms. The number of rotatable bonds is 5. The predicted octanol–water partition coefficient (Wildman–Crippen LogP) is 2.62. The van der Waals surface area contributed by atoms with Crippen molar-refractivity contribution in [1.29, 1.82) is 0 Å². The zero-order chi connectivity index (χ0) is 18.1. The third-order valence-corrected chi connectivity index (χ3v) is 4.87. The monoisotopic (exact) mass is 361 g/mol. The number of amides is 1. The maximum absolute atomic E-state index is 13.0. The number of benzene rings is 1. The lowest BCUT2D eigenvalue weighted by Gasteiger charge is -2.07. The Balaban J connectivity index is 1.89. The number of nitrogens with zero attached hydrogens (tertiary/aromatic N) is 2. The third kappa shape index (κ3) is 3.53. The summed E-state index contributed by atoms with van der Waals surface area (Å²) in [5, 5.41) is 5.30. The van der Waals surface area contributed by atoms with E-state index in [1.165, 1.54) is 30.4 Å². The molecule has 130 valence electrons. The molecule has 0 aliphatic rings. The van der Waals surface area contributed by atoms with Gasteiger partial charge in [-0.25, -0.2) is 9.18 Å². The zero-order valence-electron chi connectivity index (χ0n) is 13.7. The molecule has 0 spiro atoms. The topological polar surface area (TPSA) is 87.2 Å². The average Bonchev–Trinajstić information content (AvgIpc) is 3.11. The fourth-order valence-corrected chi connectivity index (χ4v) is 3.40. The summed E-state index contributed by atoms with van der Waals surface area (Å²) in [6.45, 7) is 3.73. The van der Waals surface area contributed by atoms with Crippen molar-refractivity contribution in [3.63, 3.8) is 0 Å². The van der Waals surface area contributed by atoms with Crippen LogP contribution in [0.3, 0.4) is 0 Å². The number of aromatic nitrogens is 2. The molecule has 3 rings (SSSR count). The maximum Gasteiger partial charge on any atom is 0.349 e. The lowest BCUT2D eigenvalue weighted by molar-refractivity contribution is -0.125. The van der Waals surface area contributed by atoms with Crippen molar-refractivity contribution < 1.29 is 18.7 Å². The number of thiophene rings is 1. The smallest absolute Gasteiger partial charge is 0.349 e. The van der Waals surface area contributed by atoms with Crippen LogP contribution in [-0.4, -0.2) is 27.8 Å². The summed E-state index contributed by atoms with van der Waals surface area (Å²) in [7, 11) is 0. The molecule has 2 heterocycles. The largest absolute Gasteiger partial charge is 0.448 e. The SMILES string of the molecule is Cc1nn(Cc2ccc(F)cc2)c2sc(C(=O)O[C@H](C)C(N)=O)cc12. The first-order valence-corrected chi connectivity index (χ1v) is 8.38. The first kappa shape index (κ1) is 17.1. The molecule has 0 saturated carbocycles. The Hall–Kier alpha value is -2.74. The van der Waals surface area contributed by atoms with Gasteiger partial charge in [0.15, 0.2) is 6.10 Å². The van der Waals surface area contributed by atoms with Gasteiger partial charge in [0.05, 0.1) is 12.2 Å². The van der Waals surface area contributed by atoms with E-state index >= 15 is 0 Å². The van der Waals surface area contributed by atoms with Crippen LogP contribution in [-0.2, 0) is 16.1 Å². The molecule has 0 fully saturated rings. The number of aryl methyl sites for hydroxylation is 1. The molecule has 0 radical (unpaired) electrons. The molecule has 1 atom stereocenters. The van der Waals surface area contributed by atoms with E-state index in [2.05, 4.69) is 5.10 Å². The Labute approximate surface area is 147 Å². The first-order chi connectivity index (χ1) is 11.8. The Bertz CT molecular complexity index is 946. The van der Waals surface area contributed by atoms with E-state index < -0.39 is 18.0 Å². The number of fused-ring (bicyclic) bond motifs is 1. The third-order valence-electron chi connectivity index (χ3n) is 3.74. The van der Waals surface area contributed by atoms with Gasteiger partial charge in [0, 0.05) is 5.39 Å². The molecule has 0 aliphatic heterocycles. The second-order valence-corrected chi connectivity index (χ2v) is 6.68. The minimum Gasteiger partial charge on any atom is -0.448 e. The molecule has 0 bridgehead atoms. The van der Waals surface area contributed by atoms with Crippen molar-refractivity contribution in [1.82, 2.24) is 9.78 Å². The van der Waals surface area contributed by atoms with Gasteiger partial charge in [-0.3, -0.25) is 9.48 Å². The van der Waals surface area contributed by atoms with Gasteiger partial charge in [0.2, 0.25) is 0 Å². The summed E-state index contributed by atoms with van der Waals surface area (Å²) in [6, 6.07) is 7.86. The number of carbonyl (C=O) groups is 2. The van der Waals surface area contributed by atoms with Crippen molar-refractivity contribution >= 4 is 33.4 Å². The fraction of sp³-hybridized carbons (Fsp3) is 0.235. The summed E-state index contributed by atoms with van der Waals surface area (Å²) >= 11 is 1.23. The number of primary amides is 1. The van der Waals surface area contributed by atoms with Crippen LogP contribution in [0.2, 0.25) is 0 Å². The zero-order valence-corrected chi connectivity index (χ0v) is 14.5. The molecular weight excluding hydrogens is 345 g/mol. The lowest BCUT2D eigenvalue weighted by Crippen LogP contribution is -2.30. The van der Waals surface area contributed by atoms with Crippen LogP contribution in [0, 0.1) is 12.7 Å². The minimum absolute atomic E-state index is 0.296. The summed E-state index contributed by atoms with van der Waals surface area (Å²) in [5.41, 5.74) is 6.78. The van der Waals surface area contributed by atoms with Gasteiger partial charge in [0.25, 0.3) is 5.91 Å². The van der Waals surface area contributed by atoms with E-state index in [0.29, 0.717) is 11.4 Å². The number of nitrogens with two attached hydrogens (primary N) is 1. The van der Waals surface area contributed by atoms with Crippen molar-refractivity contribution in [2.24, 2.45) is 5.73 Å². The van der Waals surface area contributed by atoms with Gasteiger partial charge in [-0.15, -0.1) is 11.3 Å². The van der Waals surface area contributed by atoms with Crippen LogP contribution in [0.25, 0.3) is 10.2 Å². The van der Waals surface area contributed by atoms with E-state index in [9.17, 15) is 14.0 Å². The van der Waals surface area contributed by atoms with E-state index in [1.54, 1.807) is 22.9 Å². The standard InChI is InChI=1S/C17H16FN3O3S/c1-9-13-7-14(17(23)24-10(2)15(19)22)25-16(13)21(20-9)8-11-3-5-12(18)6-4-11/h3-7,10H,8H2,1-2H3,(H2,19,22)/t10-/m1/s1. The van der Waals surface area contributed by atoms with Gasteiger partial charge in [-0.2, -0.15) is 5.10 Å². The van der Waals surface area contributed by atoms with E-state index in [-0.39, 0.29) is 5.82 Å². The summed E-state index contributed by atoms with van der Waals surface area (Å²) in [4.78, 5) is 24.4. The highest BCUT2D eigenvalue weighted by atomic mass is 32.1. The molecule has 0 unspecified atom stereocenters. The molecule has 2 N–H and O–H groups in total. The lowest BCUT2D eigenvalue weighted by atomic mass is 10.2. The Morgan fingerprint density at radius 1 is 1.36 bits per heavy atom. The maximum atomic E-state index is 13.0. The molecule has 6 nitrogen and oxygen atoms in total. The quantitative estimate of drug-likeness (QED) is 0.708. The summed E-state index contributed by atoms with van der Waals surface area (Å²) in [5.74, 6) is -1.59. The van der Waals surface area contributed by atoms with Crippen molar-refractivity contribution in [2.75, 3.05) is 0 Å². The van der Waals surface area contributed by atoms with Crippen molar-refractivity contribution in [2.45, 2.75) is 26.5 Å². The molecule has 2 aromatic heterocycles. The molecule has 0 saturated heterocycles. The van der Waals surface area contributed by atoms with E-state index in [4.69, 9.17) is 10.5 Å². The summed E-state index contributed by atoms with van der Waals surface area (Å²) < 4.78 is 19.8. The van der Waals surface area contributed by atoms with Crippen LogP contribution in [0.1, 0.15) is 27.9 Å². The van der Waals surface area contributed by atoms with E-state index in [1.807, 2.05) is 6.92 Å². The van der Waals surface area contributed by atoms with Gasteiger partial charge in [-0.1, -0.05) is 12.1 Å². The van der Waals surface area contributed by atoms with Crippen LogP contribution < -0.4 is 5.73 Å². The van der Waals surface area contributed by atoms with Gasteiger partial charge >= 0.3 is 5.97 Å². The molecule has 3 aromatic rings. The molecule has 1 amide bonds. The van der Waals surface area contributed by atoms with Crippen LogP contribution in [0.4, 0.5) is 4.39 Å². The molecular formula is C17H16FN3O3S. The Kier molecular flexibility index (Phi) is 4.54. The molecule has 0 aliphatic carbocycles. The van der Waals surface area contributed by atoms with Gasteiger partial charge < -0.3 is 10.5 Å². The number of halogens is 1. The summed E-state index contributed by atoms with van der Waals surface area (Å²) in [6.07, 6.45) is -0.991. The Morgan fingerprint density at radius 3 is 2.68 bits per heavy atom. The van der Waals surface area contributed by atoms with Crippen molar-refractivity contribution in [3.8, 4) is 0 Å². The number of hydrogen-bond donors (Lipinski definition) is 1. The molecule has 1 aromatic carbocycles. The highest BCUT2D eigenvalue weighted by Crippen LogP contribution is 2.29. The number of ether oxygens (including phenoxy) is 1. The highest BCUT2D eigenvalue weighted by molar-refractivity contribution is 7.20. The second-order valence-electron chi connectivity index (χ2n) is 5.65. The van der Waals surface area contributed by atoms with Gasteiger partial charge in [-0.05, 0) is 37.6 Å². The number of esters is 1. The average molecular weight is 361 g/mol. The molecule has 25 heavy (non-hydrogen) atoms. The van der Waals surface area contributed by atoms with Crippen molar-refractivity contribution in [3.05, 3.63) is 52.3 Å². The van der Waals surface area contributed by atoms with Crippen LogP contribution in [0.15, 0.2) is 30.3 Å². The fourth-order valence-electron chi connectivity index (χ4n) is 2.36. The first-order valence-electron chi connectivity index (χ1n) is 7.57. The Morgan fingerprint density at radius 2 is 2.04 bits per heavy atom. The highest BCUT2D eigenvalue weighted by Gasteiger charge is 2.21. The normalized spacial score (nSPS) is 12.3. The van der Waals surface area contributed by atoms with Crippen LogP contribution >= 0.6 is 11.3 Å². The van der Waals surface area contributed by atoms with E-state index in [0.717, 1.165) is 21.5 Å². The number of carbonyl (C=O) groups excluding carboxylic acids is 2. The second kappa shape index (κ2) is 6.64.